The van der Waals surface area contributed by atoms with Gasteiger partial charge in [-0.3, -0.25) is 14.7 Å². The third kappa shape index (κ3) is 6.54. The number of anilines is 2. The molecule has 2 atom stereocenters. The van der Waals surface area contributed by atoms with E-state index in [1.165, 1.54) is 12.4 Å². The number of benzene rings is 1. The van der Waals surface area contributed by atoms with Crippen molar-refractivity contribution in [2.24, 2.45) is 0 Å². The van der Waals surface area contributed by atoms with Gasteiger partial charge in [0.2, 0.25) is 0 Å². The van der Waals surface area contributed by atoms with Crippen molar-refractivity contribution in [2.45, 2.75) is 58.8 Å². The maximum Gasteiger partial charge on any atom is 0.410 e. The molecule has 2 aliphatic heterocycles. The van der Waals surface area contributed by atoms with Gasteiger partial charge in [0.1, 0.15) is 35.5 Å². The Morgan fingerprint density at radius 1 is 1.21 bits per heavy atom. The molecule has 2 aromatic heterocycles. The van der Waals surface area contributed by atoms with Crippen LogP contribution in [0.5, 0.6) is 11.5 Å². The minimum Gasteiger partial charge on any atom is -0.489 e. The summed E-state index contributed by atoms with van der Waals surface area (Å²) in [5.41, 5.74) is 6.80. The number of hydrogen-bond donors (Lipinski definition) is 2. The standard InChI is InChI=1S/C26H28N6O5.C2H6/c1-26(2,3)37-25(34)32-13-18-10-16(32)14-35-21-7-8-28-11-20(21)31-24(33)22-23(27)29-12-19(30-22)15-5-4-6-17(9-15)36-18;1-2/h4-9,11-12,16,18H,10,13-14H2,1-3H3,(H2,27,29)(H,31,33);1-2H3. The first kappa shape index (κ1) is 27.6. The predicted molar refractivity (Wildman–Crippen MR) is 147 cm³/mol. The van der Waals surface area contributed by atoms with Gasteiger partial charge in [0.05, 0.1) is 30.7 Å². The van der Waals surface area contributed by atoms with Crippen LogP contribution in [0.25, 0.3) is 11.3 Å². The molecule has 0 aliphatic carbocycles. The first-order valence-electron chi connectivity index (χ1n) is 12.9. The number of likely N-dealkylation sites (tertiary alicyclic amines) is 1. The van der Waals surface area contributed by atoms with Crippen molar-refractivity contribution in [1.82, 2.24) is 19.9 Å². The number of ether oxygens (including phenoxy) is 3. The van der Waals surface area contributed by atoms with E-state index >= 15 is 0 Å². The van der Waals surface area contributed by atoms with Crippen LogP contribution in [0, 0.1) is 0 Å². The number of nitrogens with zero attached hydrogens (tertiary/aromatic N) is 4. The van der Waals surface area contributed by atoms with Crippen LogP contribution in [0.1, 0.15) is 51.5 Å². The zero-order valence-corrected chi connectivity index (χ0v) is 22.8. The fourth-order valence-corrected chi connectivity index (χ4v) is 4.26. The number of nitrogen functional groups attached to an aromatic ring is 1. The summed E-state index contributed by atoms with van der Waals surface area (Å²) in [6.07, 6.45) is 4.33. The quantitative estimate of drug-likeness (QED) is 0.425. The number of carbonyl (C=O) groups excluding carboxylic acids is 2. The van der Waals surface area contributed by atoms with Gasteiger partial charge in [-0.25, -0.2) is 14.8 Å². The molecular formula is C28H34N6O5. The normalized spacial score (nSPS) is 18.4. The van der Waals surface area contributed by atoms with E-state index in [0.717, 1.165) is 0 Å². The van der Waals surface area contributed by atoms with Crippen molar-refractivity contribution in [2.75, 3.05) is 24.2 Å². The highest BCUT2D eigenvalue weighted by Crippen LogP contribution is 2.31. The lowest BCUT2D eigenvalue weighted by Crippen LogP contribution is -2.42. The second-order valence-electron chi connectivity index (χ2n) is 9.92. The van der Waals surface area contributed by atoms with Crippen LogP contribution < -0.4 is 20.5 Å². The maximum absolute atomic E-state index is 13.1. The van der Waals surface area contributed by atoms with Gasteiger partial charge in [-0.2, -0.15) is 0 Å². The first-order valence-corrected chi connectivity index (χ1v) is 12.9. The molecule has 1 saturated heterocycles. The molecule has 206 valence electrons. The molecule has 3 aromatic rings. The van der Waals surface area contributed by atoms with Gasteiger partial charge in [-0.1, -0.05) is 26.0 Å². The zero-order chi connectivity index (χ0) is 28.2. The van der Waals surface area contributed by atoms with Gasteiger partial charge in [-0.15, -0.1) is 0 Å². The number of aromatic nitrogens is 3. The molecule has 1 fully saturated rings. The lowest BCUT2D eigenvalue weighted by molar-refractivity contribution is 0.0176. The van der Waals surface area contributed by atoms with E-state index in [0.29, 0.717) is 41.4 Å². The lowest BCUT2D eigenvalue weighted by atomic mass is 10.1. The summed E-state index contributed by atoms with van der Waals surface area (Å²) in [6.45, 7) is 9.96. The van der Waals surface area contributed by atoms with Gasteiger partial charge < -0.3 is 25.3 Å². The molecule has 2 unspecified atom stereocenters. The molecule has 4 heterocycles. The van der Waals surface area contributed by atoms with Crippen LogP contribution in [-0.4, -0.2) is 62.8 Å². The average molecular weight is 535 g/mol. The lowest BCUT2D eigenvalue weighted by Gasteiger charge is -2.28. The number of hydrogen-bond acceptors (Lipinski definition) is 9. The molecular weight excluding hydrogens is 500 g/mol. The molecule has 6 bridgehead atoms. The summed E-state index contributed by atoms with van der Waals surface area (Å²) in [4.78, 5) is 40.5. The zero-order valence-electron chi connectivity index (χ0n) is 22.8. The van der Waals surface area contributed by atoms with E-state index in [9.17, 15) is 9.59 Å². The van der Waals surface area contributed by atoms with Crippen molar-refractivity contribution in [3.8, 4) is 22.8 Å². The van der Waals surface area contributed by atoms with E-state index in [2.05, 4.69) is 20.3 Å². The first-order chi connectivity index (χ1) is 18.7. The largest absolute Gasteiger partial charge is 0.489 e. The van der Waals surface area contributed by atoms with Crippen molar-refractivity contribution in [1.29, 1.82) is 0 Å². The third-order valence-electron chi connectivity index (χ3n) is 5.91. The number of nitrogens with one attached hydrogen (secondary N) is 1. The summed E-state index contributed by atoms with van der Waals surface area (Å²) in [5, 5.41) is 2.77. The molecule has 11 heteroatoms. The van der Waals surface area contributed by atoms with Crippen molar-refractivity contribution in [3.05, 3.63) is 54.6 Å². The van der Waals surface area contributed by atoms with Crippen molar-refractivity contribution in [3.63, 3.8) is 0 Å². The van der Waals surface area contributed by atoms with Crippen LogP contribution in [0.2, 0.25) is 0 Å². The van der Waals surface area contributed by atoms with Gasteiger partial charge in [0, 0.05) is 24.2 Å². The summed E-state index contributed by atoms with van der Waals surface area (Å²) in [5.74, 6) is 0.422. The van der Waals surface area contributed by atoms with Gasteiger partial charge >= 0.3 is 6.09 Å². The second kappa shape index (κ2) is 11.5. The Hall–Kier alpha value is -4.41. The van der Waals surface area contributed by atoms with Crippen LogP contribution in [0.3, 0.4) is 0 Å². The number of pyridine rings is 1. The number of fused-ring (bicyclic) bond motifs is 8. The molecule has 0 spiro atoms. The van der Waals surface area contributed by atoms with E-state index in [4.69, 9.17) is 19.9 Å². The second-order valence-corrected chi connectivity index (χ2v) is 9.92. The molecule has 11 nitrogen and oxygen atoms in total. The van der Waals surface area contributed by atoms with Gasteiger partial charge in [0.15, 0.2) is 11.5 Å². The summed E-state index contributed by atoms with van der Waals surface area (Å²) >= 11 is 0. The Labute approximate surface area is 227 Å². The van der Waals surface area contributed by atoms with Crippen LogP contribution in [-0.2, 0) is 4.74 Å². The number of carbonyl (C=O) groups is 2. The fourth-order valence-electron chi connectivity index (χ4n) is 4.26. The average Bonchev–Trinajstić information content (AvgIpc) is 3.31. The van der Waals surface area contributed by atoms with Gasteiger partial charge in [-0.05, 0) is 32.9 Å². The topological polar surface area (TPSA) is 142 Å². The van der Waals surface area contributed by atoms with Crippen molar-refractivity contribution < 1.29 is 23.8 Å². The van der Waals surface area contributed by atoms with E-state index < -0.39 is 17.6 Å². The van der Waals surface area contributed by atoms with Gasteiger partial charge in [0.25, 0.3) is 5.91 Å². The molecule has 39 heavy (non-hydrogen) atoms. The molecule has 0 radical (unpaired) electrons. The SMILES string of the molecule is CC.CC(C)(C)OC(=O)N1CC2CC1COc1ccncc1NC(=O)c1nc(cnc1N)-c1cccc(c1)O2. The summed E-state index contributed by atoms with van der Waals surface area (Å²) in [7, 11) is 0. The van der Waals surface area contributed by atoms with Crippen LogP contribution >= 0.6 is 0 Å². The smallest absolute Gasteiger partial charge is 0.410 e. The Morgan fingerprint density at radius 2 is 2.00 bits per heavy atom. The van der Waals surface area contributed by atoms with Crippen molar-refractivity contribution >= 4 is 23.5 Å². The molecule has 2 aliphatic rings. The Balaban J connectivity index is 0.00000172. The molecule has 5 rings (SSSR count). The Morgan fingerprint density at radius 3 is 2.77 bits per heavy atom. The monoisotopic (exact) mass is 534 g/mol. The highest BCUT2D eigenvalue weighted by molar-refractivity contribution is 6.06. The number of nitrogens with two attached hydrogens (primary N) is 1. The molecule has 0 saturated carbocycles. The van der Waals surface area contributed by atoms with Crippen LogP contribution in [0.15, 0.2) is 48.9 Å². The summed E-state index contributed by atoms with van der Waals surface area (Å²) in [6, 6.07) is 8.63. The maximum atomic E-state index is 13.1. The Kier molecular flexibility index (Phi) is 8.18. The summed E-state index contributed by atoms with van der Waals surface area (Å²) < 4.78 is 18.0. The molecule has 1 aromatic carbocycles. The molecule has 2 amide bonds. The number of rotatable bonds is 0. The highest BCUT2D eigenvalue weighted by Gasteiger charge is 2.39. The van der Waals surface area contributed by atoms with E-state index in [1.54, 1.807) is 17.2 Å². The third-order valence-corrected chi connectivity index (χ3v) is 5.91. The van der Waals surface area contributed by atoms with E-state index in [-0.39, 0.29) is 30.3 Å². The minimum absolute atomic E-state index is 0.00724. The Bertz CT molecular complexity index is 1340. The predicted octanol–water partition coefficient (Wildman–Crippen LogP) is 4.55. The fraction of sp³-hybridized carbons (Fsp3) is 0.393. The highest BCUT2D eigenvalue weighted by atomic mass is 16.6. The molecule has 3 N–H and O–H groups in total. The van der Waals surface area contributed by atoms with E-state index in [1.807, 2.05) is 58.9 Å². The number of amides is 2. The van der Waals surface area contributed by atoms with Crippen LogP contribution in [0.4, 0.5) is 16.3 Å². The minimum atomic E-state index is -0.649.